The fraction of sp³-hybridized carbons (Fsp3) is 0.278. The molecule has 0 N–H and O–H groups in total. The van der Waals surface area contributed by atoms with E-state index in [2.05, 4.69) is 66.0 Å². The van der Waals surface area contributed by atoms with Crippen LogP contribution in [0.15, 0.2) is 41.1 Å². The number of hydrogen-bond donors (Lipinski definition) is 0. The maximum absolute atomic E-state index is 5.66. The largest absolute Gasteiger partial charge is 0.496 e. The van der Waals surface area contributed by atoms with E-state index in [-0.39, 0.29) is 5.41 Å². The third kappa shape index (κ3) is 3.94. The summed E-state index contributed by atoms with van der Waals surface area (Å²) in [7, 11) is 1.72. The maximum Gasteiger partial charge on any atom is 0.129 e. The minimum absolute atomic E-state index is 0.0222. The molecule has 1 heterocycles. The first kappa shape index (κ1) is 15.8. The van der Waals surface area contributed by atoms with Crippen LogP contribution in [0.1, 0.15) is 37.5 Å². The Balaban J connectivity index is 2.48. The van der Waals surface area contributed by atoms with E-state index in [1.807, 2.05) is 12.1 Å². The Morgan fingerprint density at radius 3 is 2.33 bits per heavy atom. The van der Waals surface area contributed by atoms with Crippen LogP contribution in [-0.4, -0.2) is 12.1 Å². The number of ether oxygens (including phenoxy) is 1. The first-order valence-electron chi connectivity index (χ1n) is 6.88. The molecule has 110 valence electrons. The van der Waals surface area contributed by atoms with Gasteiger partial charge in [0.25, 0.3) is 0 Å². The van der Waals surface area contributed by atoms with Gasteiger partial charge in [-0.3, -0.25) is 4.98 Å². The zero-order valence-corrected chi connectivity index (χ0v) is 14.4. The van der Waals surface area contributed by atoms with E-state index >= 15 is 0 Å². The van der Waals surface area contributed by atoms with Crippen LogP contribution >= 0.6 is 15.9 Å². The van der Waals surface area contributed by atoms with Crippen molar-refractivity contribution in [2.75, 3.05) is 7.11 Å². The predicted molar refractivity (Wildman–Crippen MR) is 92.6 cm³/mol. The predicted octanol–water partition coefficient (Wildman–Crippen LogP) is 5.32. The van der Waals surface area contributed by atoms with Gasteiger partial charge < -0.3 is 4.74 Å². The second kappa shape index (κ2) is 6.44. The van der Waals surface area contributed by atoms with Crippen molar-refractivity contribution in [3.05, 3.63) is 57.8 Å². The lowest BCUT2D eigenvalue weighted by Gasteiger charge is -2.23. The number of halogens is 1. The molecule has 0 bridgehead atoms. The zero-order chi connectivity index (χ0) is 15.5. The average molecular weight is 346 g/mol. The second-order valence-electron chi connectivity index (χ2n) is 5.94. The Morgan fingerprint density at radius 1 is 1.10 bits per heavy atom. The van der Waals surface area contributed by atoms with Crippen molar-refractivity contribution in [3.8, 4) is 5.75 Å². The van der Waals surface area contributed by atoms with Crippen molar-refractivity contribution in [2.24, 2.45) is 0 Å². The zero-order valence-electron chi connectivity index (χ0n) is 12.9. The fourth-order valence-electron chi connectivity index (χ4n) is 2.18. The summed E-state index contributed by atoms with van der Waals surface area (Å²) in [5, 5.41) is 0. The molecular formula is C18H20BrNO. The quantitative estimate of drug-likeness (QED) is 0.750. The van der Waals surface area contributed by atoms with E-state index in [0.717, 1.165) is 21.3 Å². The number of hydrogen-bond acceptors (Lipinski definition) is 2. The Morgan fingerprint density at radius 2 is 1.76 bits per heavy atom. The molecule has 1 aromatic heterocycles. The van der Waals surface area contributed by atoms with Crippen LogP contribution < -0.4 is 4.74 Å². The average Bonchev–Trinajstić information content (AvgIpc) is 2.44. The van der Waals surface area contributed by atoms with Gasteiger partial charge in [0.05, 0.1) is 7.11 Å². The molecule has 0 atom stereocenters. The van der Waals surface area contributed by atoms with E-state index in [0.29, 0.717) is 0 Å². The molecule has 0 unspecified atom stereocenters. The van der Waals surface area contributed by atoms with Gasteiger partial charge in [-0.15, -0.1) is 0 Å². The molecule has 0 amide bonds. The second-order valence-corrected chi connectivity index (χ2v) is 6.86. The summed E-state index contributed by atoms with van der Waals surface area (Å²) in [5.41, 5.74) is 3.39. The fourth-order valence-corrected chi connectivity index (χ4v) is 2.66. The van der Waals surface area contributed by atoms with Crippen LogP contribution in [0.25, 0.3) is 12.2 Å². The molecule has 1 aromatic carbocycles. The van der Waals surface area contributed by atoms with E-state index in [1.165, 1.54) is 5.56 Å². The van der Waals surface area contributed by atoms with E-state index in [9.17, 15) is 0 Å². The van der Waals surface area contributed by atoms with Crippen LogP contribution in [0.3, 0.4) is 0 Å². The van der Waals surface area contributed by atoms with Gasteiger partial charge in [0.2, 0.25) is 0 Å². The molecule has 2 aromatic rings. The van der Waals surface area contributed by atoms with Gasteiger partial charge >= 0.3 is 0 Å². The van der Waals surface area contributed by atoms with Gasteiger partial charge in [-0.1, -0.05) is 48.9 Å². The Kier molecular flexibility index (Phi) is 4.84. The normalized spacial score (nSPS) is 11.9. The summed E-state index contributed by atoms with van der Waals surface area (Å²) in [6.45, 7) is 6.56. The number of benzene rings is 1. The third-order valence-corrected chi connectivity index (χ3v) is 3.71. The molecule has 0 radical (unpaired) electrons. The lowest BCUT2D eigenvalue weighted by Crippen LogP contribution is -2.13. The standard InChI is InChI=1S/C18H20BrNO/c1-18(2,3)16-12-15(19)11-14(17(16)21-4)6-5-13-7-9-20-10-8-13/h5-12H,1-4H3/b6-5-. The van der Waals surface area contributed by atoms with Crippen molar-refractivity contribution in [1.29, 1.82) is 0 Å². The molecule has 0 aliphatic heterocycles. The molecule has 0 spiro atoms. The number of nitrogens with zero attached hydrogens (tertiary/aromatic N) is 1. The van der Waals surface area contributed by atoms with Crippen molar-refractivity contribution in [2.45, 2.75) is 26.2 Å². The van der Waals surface area contributed by atoms with Gasteiger partial charge in [-0.2, -0.15) is 0 Å². The van der Waals surface area contributed by atoms with Gasteiger partial charge in [-0.05, 0) is 35.2 Å². The number of rotatable bonds is 3. The molecule has 0 fully saturated rings. The van der Waals surface area contributed by atoms with E-state index < -0.39 is 0 Å². The van der Waals surface area contributed by atoms with Crippen LogP contribution in [0.4, 0.5) is 0 Å². The molecule has 2 nitrogen and oxygen atoms in total. The van der Waals surface area contributed by atoms with Crippen molar-refractivity contribution in [3.63, 3.8) is 0 Å². The van der Waals surface area contributed by atoms with Gasteiger partial charge in [-0.25, -0.2) is 0 Å². The lowest BCUT2D eigenvalue weighted by atomic mass is 9.85. The number of methoxy groups -OCH3 is 1. The van der Waals surface area contributed by atoms with Crippen molar-refractivity contribution < 1.29 is 4.74 Å². The summed E-state index contributed by atoms with van der Waals surface area (Å²) in [6, 6.07) is 8.16. The highest BCUT2D eigenvalue weighted by molar-refractivity contribution is 9.10. The molecule has 0 saturated heterocycles. The van der Waals surface area contributed by atoms with Crippen LogP contribution in [0.5, 0.6) is 5.75 Å². The topological polar surface area (TPSA) is 22.1 Å². The number of aromatic nitrogens is 1. The highest BCUT2D eigenvalue weighted by Crippen LogP contribution is 2.37. The summed E-state index contributed by atoms with van der Waals surface area (Å²) in [4.78, 5) is 4.03. The SMILES string of the molecule is COc1c(/C=C\c2ccncc2)cc(Br)cc1C(C)(C)C. The smallest absolute Gasteiger partial charge is 0.129 e. The van der Waals surface area contributed by atoms with Crippen molar-refractivity contribution >= 4 is 28.1 Å². The highest BCUT2D eigenvalue weighted by Gasteiger charge is 2.21. The summed E-state index contributed by atoms with van der Waals surface area (Å²) in [5.74, 6) is 0.927. The minimum atomic E-state index is 0.0222. The Bertz CT molecular complexity index is 642. The number of pyridine rings is 1. The lowest BCUT2D eigenvalue weighted by molar-refractivity contribution is 0.396. The monoisotopic (exact) mass is 345 g/mol. The Hall–Kier alpha value is -1.61. The maximum atomic E-state index is 5.66. The van der Waals surface area contributed by atoms with Gasteiger partial charge in [0.1, 0.15) is 5.75 Å². The molecule has 21 heavy (non-hydrogen) atoms. The van der Waals surface area contributed by atoms with Crippen LogP contribution in [0, 0.1) is 0 Å². The van der Waals surface area contributed by atoms with Crippen molar-refractivity contribution in [1.82, 2.24) is 4.98 Å². The summed E-state index contributed by atoms with van der Waals surface area (Å²) < 4.78 is 6.72. The first-order chi connectivity index (χ1) is 9.91. The molecule has 0 aliphatic rings. The van der Waals surface area contributed by atoms with E-state index in [4.69, 9.17) is 4.74 Å². The molecule has 2 rings (SSSR count). The van der Waals surface area contributed by atoms with Crippen LogP contribution in [-0.2, 0) is 5.41 Å². The molecule has 3 heteroatoms. The summed E-state index contributed by atoms with van der Waals surface area (Å²) in [6.07, 6.45) is 7.73. The Labute approximate surface area is 135 Å². The molecular weight excluding hydrogens is 326 g/mol. The van der Waals surface area contributed by atoms with E-state index in [1.54, 1.807) is 19.5 Å². The minimum Gasteiger partial charge on any atom is -0.496 e. The van der Waals surface area contributed by atoms with Crippen LogP contribution in [0.2, 0.25) is 0 Å². The van der Waals surface area contributed by atoms with Gasteiger partial charge in [0, 0.05) is 28.0 Å². The first-order valence-corrected chi connectivity index (χ1v) is 7.67. The molecule has 0 aliphatic carbocycles. The highest BCUT2D eigenvalue weighted by atomic mass is 79.9. The third-order valence-electron chi connectivity index (χ3n) is 3.26. The molecule has 0 saturated carbocycles. The summed E-state index contributed by atoms with van der Waals surface area (Å²) >= 11 is 3.60. The van der Waals surface area contributed by atoms with Gasteiger partial charge in [0.15, 0.2) is 0 Å².